The van der Waals surface area contributed by atoms with Crippen molar-refractivity contribution in [2.75, 3.05) is 90.5 Å². The predicted molar refractivity (Wildman–Crippen MR) is 129 cm³/mol. The smallest absolute Gasteiger partial charge is 0.160 e. The van der Waals surface area contributed by atoms with Crippen LogP contribution in [0.4, 0.5) is 0 Å². The molecule has 0 N–H and O–H groups in total. The number of carbonyl (C=O) groups excluding carboxylic acids is 1. The van der Waals surface area contributed by atoms with Crippen LogP contribution in [0.2, 0.25) is 0 Å². The average Bonchev–Trinajstić information content (AvgIpc) is 3.20. The summed E-state index contributed by atoms with van der Waals surface area (Å²) >= 11 is 0. The molecule has 9 nitrogen and oxygen atoms in total. The van der Waals surface area contributed by atoms with Gasteiger partial charge < -0.3 is 9.80 Å². The molecule has 0 amide bonds. The van der Waals surface area contributed by atoms with Crippen molar-refractivity contribution in [1.29, 1.82) is 0 Å². The summed E-state index contributed by atoms with van der Waals surface area (Å²) in [4.78, 5) is 21.3. The molecule has 2 fully saturated rings. The van der Waals surface area contributed by atoms with Gasteiger partial charge >= 0.3 is 0 Å². The van der Waals surface area contributed by atoms with Crippen molar-refractivity contribution in [2.24, 2.45) is 0 Å². The van der Waals surface area contributed by atoms with Crippen molar-refractivity contribution < 1.29 is 21.6 Å². The summed E-state index contributed by atoms with van der Waals surface area (Å²) in [6.07, 6.45) is 2.88. The standard InChI is InChI=1S/C21H42N4O5S2/c1-22(2)9-5-11-24(19-7-13-31(27,28)17-19)15-21(26)16-25(12-6-10-23(3)4)20-8-14-32(29,30)18-20/h19-20H,5-18H2,1-4H3/t19-,20+. The van der Waals surface area contributed by atoms with E-state index in [-0.39, 0.29) is 54.0 Å². The minimum atomic E-state index is -3.03. The Labute approximate surface area is 194 Å². The van der Waals surface area contributed by atoms with Gasteiger partial charge in [0.1, 0.15) is 0 Å². The van der Waals surface area contributed by atoms with E-state index in [2.05, 4.69) is 9.80 Å². The minimum Gasteiger partial charge on any atom is -0.309 e. The molecule has 0 spiro atoms. The van der Waals surface area contributed by atoms with Gasteiger partial charge in [-0.3, -0.25) is 14.6 Å². The Balaban J connectivity index is 2.01. The second-order valence-electron chi connectivity index (χ2n) is 9.91. The molecule has 0 aromatic carbocycles. The van der Waals surface area contributed by atoms with Gasteiger partial charge in [-0.2, -0.15) is 0 Å². The summed E-state index contributed by atoms with van der Waals surface area (Å²) < 4.78 is 48.0. The molecule has 0 bridgehead atoms. The fourth-order valence-electron chi connectivity index (χ4n) is 4.59. The fraction of sp³-hybridized carbons (Fsp3) is 0.952. The first-order valence-corrected chi connectivity index (χ1v) is 15.2. The van der Waals surface area contributed by atoms with Gasteiger partial charge in [0.25, 0.3) is 0 Å². The predicted octanol–water partition coefficient (Wildman–Crippen LogP) is -0.563. The SMILES string of the molecule is CN(C)CCCN(CC(=O)CN(CCCN(C)C)[C@H]1CCS(=O)(=O)C1)[C@@H]1CCS(=O)(=O)C1. The molecule has 0 aromatic rings. The number of rotatable bonds is 14. The largest absolute Gasteiger partial charge is 0.309 e. The summed E-state index contributed by atoms with van der Waals surface area (Å²) in [7, 11) is 1.92. The molecule has 0 unspecified atom stereocenters. The van der Waals surface area contributed by atoms with E-state index in [0.29, 0.717) is 25.9 Å². The van der Waals surface area contributed by atoms with Crippen molar-refractivity contribution in [1.82, 2.24) is 19.6 Å². The minimum absolute atomic E-state index is 0.0355. The number of ketones is 1. The molecule has 11 heteroatoms. The molecule has 2 atom stereocenters. The third kappa shape index (κ3) is 9.72. The number of Topliss-reactive ketones (excluding diaryl/α,β-unsaturated/α-hetero) is 1. The third-order valence-corrected chi connectivity index (χ3v) is 9.81. The number of sulfone groups is 2. The zero-order chi connectivity index (χ0) is 23.9. The zero-order valence-electron chi connectivity index (χ0n) is 20.2. The second kappa shape index (κ2) is 12.2. The van der Waals surface area contributed by atoms with Gasteiger partial charge in [0, 0.05) is 25.2 Å². The Bertz CT molecular complexity index is 748. The van der Waals surface area contributed by atoms with E-state index in [4.69, 9.17) is 0 Å². The number of hydrogen-bond acceptors (Lipinski definition) is 9. The lowest BCUT2D eigenvalue weighted by molar-refractivity contribution is -0.122. The Morgan fingerprint density at radius 1 is 0.688 bits per heavy atom. The molecule has 2 saturated heterocycles. The van der Waals surface area contributed by atoms with Gasteiger partial charge in [-0.1, -0.05) is 0 Å². The summed E-state index contributed by atoms with van der Waals surface area (Å²) in [6, 6.07) is -0.222. The fourth-order valence-corrected chi connectivity index (χ4v) is 8.11. The lowest BCUT2D eigenvalue weighted by atomic mass is 10.1. The summed E-state index contributed by atoms with van der Waals surface area (Å²) in [5, 5.41) is 0. The van der Waals surface area contributed by atoms with Crippen molar-refractivity contribution in [2.45, 2.75) is 37.8 Å². The molecule has 2 aliphatic heterocycles. The van der Waals surface area contributed by atoms with Gasteiger partial charge in [0.15, 0.2) is 25.5 Å². The highest BCUT2D eigenvalue weighted by Crippen LogP contribution is 2.20. The second-order valence-corrected chi connectivity index (χ2v) is 14.4. The van der Waals surface area contributed by atoms with Crippen molar-refractivity contribution >= 4 is 25.5 Å². The van der Waals surface area contributed by atoms with E-state index < -0.39 is 19.7 Å². The molecule has 0 radical (unpaired) electrons. The van der Waals surface area contributed by atoms with E-state index in [1.54, 1.807) is 0 Å². The highest BCUT2D eigenvalue weighted by Gasteiger charge is 2.35. The molecule has 188 valence electrons. The van der Waals surface area contributed by atoms with Gasteiger partial charge in [-0.15, -0.1) is 0 Å². The first kappa shape index (κ1) is 27.7. The van der Waals surface area contributed by atoms with Gasteiger partial charge in [-0.05, 0) is 67.0 Å². The summed E-state index contributed by atoms with van der Waals surface area (Å²) in [6.45, 7) is 3.56. The molecule has 2 heterocycles. The quantitative estimate of drug-likeness (QED) is 0.315. The highest BCUT2D eigenvalue weighted by molar-refractivity contribution is 7.91. The van der Waals surface area contributed by atoms with Crippen molar-refractivity contribution in [3.8, 4) is 0 Å². The van der Waals surface area contributed by atoms with E-state index in [1.807, 2.05) is 38.0 Å². The normalized spacial score (nSPS) is 24.9. The number of nitrogens with zero attached hydrogens (tertiary/aromatic N) is 4. The average molecular weight is 495 g/mol. The molecule has 0 saturated carbocycles. The number of carbonyl (C=O) groups is 1. The molecular formula is C21H42N4O5S2. The molecule has 0 aliphatic carbocycles. The maximum atomic E-state index is 13.1. The molecule has 2 rings (SSSR count). The van der Waals surface area contributed by atoms with Crippen LogP contribution in [-0.4, -0.2) is 145 Å². The van der Waals surface area contributed by atoms with Crippen LogP contribution in [0, 0.1) is 0 Å². The van der Waals surface area contributed by atoms with Crippen LogP contribution in [0.3, 0.4) is 0 Å². The van der Waals surface area contributed by atoms with Gasteiger partial charge in [-0.25, -0.2) is 16.8 Å². The Hall–Kier alpha value is -0.590. The topological polar surface area (TPSA) is 98.3 Å². The first-order valence-electron chi connectivity index (χ1n) is 11.6. The van der Waals surface area contributed by atoms with Crippen LogP contribution >= 0.6 is 0 Å². The zero-order valence-corrected chi connectivity index (χ0v) is 21.8. The monoisotopic (exact) mass is 494 g/mol. The third-order valence-electron chi connectivity index (χ3n) is 6.31. The Kier molecular flexibility index (Phi) is 10.6. The Morgan fingerprint density at radius 3 is 1.34 bits per heavy atom. The maximum Gasteiger partial charge on any atom is 0.160 e. The van der Waals surface area contributed by atoms with Crippen LogP contribution in [0.5, 0.6) is 0 Å². The molecule has 0 aromatic heterocycles. The van der Waals surface area contributed by atoms with Crippen molar-refractivity contribution in [3.63, 3.8) is 0 Å². The van der Waals surface area contributed by atoms with Gasteiger partial charge in [0.2, 0.25) is 0 Å². The van der Waals surface area contributed by atoms with Crippen molar-refractivity contribution in [3.05, 3.63) is 0 Å². The van der Waals surface area contributed by atoms with E-state index in [1.165, 1.54) is 0 Å². The first-order chi connectivity index (χ1) is 14.9. The lowest BCUT2D eigenvalue weighted by Crippen LogP contribution is -2.46. The lowest BCUT2D eigenvalue weighted by Gasteiger charge is -2.31. The Morgan fingerprint density at radius 2 is 1.06 bits per heavy atom. The summed E-state index contributed by atoms with van der Waals surface area (Å²) in [5.74, 6) is 0.651. The van der Waals surface area contributed by atoms with E-state index in [0.717, 1.165) is 25.9 Å². The van der Waals surface area contributed by atoms with Crippen LogP contribution in [0.15, 0.2) is 0 Å². The summed E-state index contributed by atoms with van der Waals surface area (Å²) in [5.41, 5.74) is 0. The molecular weight excluding hydrogens is 452 g/mol. The van der Waals surface area contributed by atoms with Crippen LogP contribution in [-0.2, 0) is 24.5 Å². The number of hydrogen-bond donors (Lipinski definition) is 0. The van der Waals surface area contributed by atoms with Crippen LogP contribution in [0.25, 0.3) is 0 Å². The van der Waals surface area contributed by atoms with E-state index >= 15 is 0 Å². The highest BCUT2D eigenvalue weighted by atomic mass is 32.2. The maximum absolute atomic E-state index is 13.1. The molecule has 32 heavy (non-hydrogen) atoms. The molecule has 2 aliphatic rings. The van der Waals surface area contributed by atoms with Gasteiger partial charge in [0.05, 0.1) is 36.1 Å². The van der Waals surface area contributed by atoms with E-state index in [9.17, 15) is 21.6 Å². The van der Waals surface area contributed by atoms with Crippen LogP contribution < -0.4 is 0 Å². The van der Waals surface area contributed by atoms with Crippen LogP contribution in [0.1, 0.15) is 25.7 Å².